The van der Waals surface area contributed by atoms with Gasteiger partial charge in [0.05, 0.1) is 0 Å². The lowest BCUT2D eigenvalue weighted by Gasteiger charge is -2.11. The Kier molecular flexibility index (Phi) is 6.67. The lowest BCUT2D eigenvalue weighted by molar-refractivity contribution is 0.193. The van der Waals surface area contributed by atoms with E-state index in [-0.39, 0.29) is 0 Å². The van der Waals surface area contributed by atoms with Crippen LogP contribution in [0.4, 0.5) is 0 Å². The normalized spacial score (nSPS) is 10.5. The van der Waals surface area contributed by atoms with Crippen molar-refractivity contribution >= 4 is 0 Å². The number of hydrogen-bond acceptors (Lipinski definition) is 3. The van der Waals surface area contributed by atoms with Crippen molar-refractivity contribution in [3.8, 4) is 5.75 Å². The van der Waals surface area contributed by atoms with Gasteiger partial charge in [-0.2, -0.15) is 0 Å². The summed E-state index contributed by atoms with van der Waals surface area (Å²) in [6, 6.07) is 6.15. The summed E-state index contributed by atoms with van der Waals surface area (Å²) in [7, 11) is 1.73. The highest BCUT2D eigenvalue weighted by molar-refractivity contribution is 5.38. The molecule has 1 rings (SSSR count). The van der Waals surface area contributed by atoms with Gasteiger partial charge < -0.3 is 14.8 Å². The van der Waals surface area contributed by atoms with Gasteiger partial charge in [-0.05, 0) is 44.0 Å². The number of aryl methyl sites for hydroxylation is 1. The minimum atomic E-state index is 0.706. The summed E-state index contributed by atoms with van der Waals surface area (Å²) in [6.45, 7) is 7.56. The van der Waals surface area contributed by atoms with Crippen LogP contribution in [0, 0.1) is 13.8 Å². The Morgan fingerprint density at radius 3 is 2.71 bits per heavy atom. The SMILES string of the molecule is COCCCNCCOc1cccc(C)c1C. The maximum absolute atomic E-state index is 5.73. The van der Waals surface area contributed by atoms with E-state index in [2.05, 4.69) is 25.2 Å². The van der Waals surface area contributed by atoms with Crippen LogP contribution in [0.3, 0.4) is 0 Å². The van der Waals surface area contributed by atoms with Crippen LogP contribution in [0.25, 0.3) is 0 Å². The van der Waals surface area contributed by atoms with E-state index in [4.69, 9.17) is 9.47 Å². The molecule has 17 heavy (non-hydrogen) atoms. The van der Waals surface area contributed by atoms with Crippen LogP contribution in [0.15, 0.2) is 18.2 Å². The molecular formula is C14H23NO2. The van der Waals surface area contributed by atoms with Crippen LogP contribution in [0.1, 0.15) is 17.5 Å². The molecule has 1 aromatic carbocycles. The standard InChI is InChI=1S/C14H23NO2/c1-12-6-4-7-14(13(12)2)17-11-9-15-8-5-10-16-3/h4,6-7,15H,5,8-11H2,1-3H3. The average molecular weight is 237 g/mol. The van der Waals surface area contributed by atoms with Gasteiger partial charge in [-0.3, -0.25) is 0 Å². The molecular weight excluding hydrogens is 214 g/mol. The Balaban J connectivity index is 2.16. The Bertz CT molecular complexity index is 326. The van der Waals surface area contributed by atoms with Gasteiger partial charge in [-0.1, -0.05) is 12.1 Å². The van der Waals surface area contributed by atoms with Gasteiger partial charge >= 0.3 is 0 Å². The molecule has 0 amide bonds. The minimum absolute atomic E-state index is 0.706. The first-order valence-corrected chi connectivity index (χ1v) is 6.14. The number of ether oxygens (including phenoxy) is 2. The third-order valence-electron chi connectivity index (χ3n) is 2.79. The van der Waals surface area contributed by atoms with Crippen molar-refractivity contribution in [2.75, 3.05) is 33.4 Å². The highest BCUT2D eigenvalue weighted by Crippen LogP contribution is 2.20. The summed E-state index contributed by atoms with van der Waals surface area (Å²) >= 11 is 0. The smallest absolute Gasteiger partial charge is 0.122 e. The second-order valence-electron chi connectivity index (χ2n) is 4.14. The van der Waals surface area contributed by atoms with Crippen molar-refractivity contribution in [2.45, 2.75) is 20.3 Å². The average Bonchev–Trinajstić information content (AvgIpc) is 2.33. The molecule has 0 aliphatic heterocycles. The fourth-order valence-corrected chi connectivity index (χ4v) is 1.58. The summed E-state index contributed by atoms with van der Waals surface area (Å²) in [6.07, 6.45) is 1.04. The van der Waals surface area contributed by atoms with Crippen molar-refractivity contribution in [1.29, 1.82) is 0 Å². The zero-order valence-electron chi connectivity index (χ0n) is 11.1. The van der Waals surface area contributed by atoms with Crippen molar-refractivity contribution in [3.63, 3.8) is 0 Å². The number of methoxy groups -OCH3 is 1. The molecule has 0 fully saturated rings. The first-order chi connectivity index (χ1) is 8.25. The lowest BCUT2D eigenvalue weighted by atomic mass is 10.1. The Morgan fingerprint density at radius 1 is 1.12 bits per heavy atom. The van der Waals surface area contributed by atoms with Crippen molar-refractivity contribution in [3.05, 3.63) is 29.3 Å². The van der Waals surface area contributed by atoms with E-state index in [1.54, 1.807) is 7.11 Å². The predicted octanol–water partition coefficient (Wildman–Crippen LogP) is 2.31. The van der Waals surface area contributed by atoms with Crippen molar-refractivity contribution < 1.29 is 9.47 Å². The largest absolute Gasteiger partial charge is 0.492 e. The third-order valence-corrected chi connectivity index (χ3v) is 2.79. The molecule has 1 N–H and O–H groups in total. The van der Waals surface area contributed by atoms with E-state index in [0.29, 0.717) is 6.61 Å². The van der Waals surface area contributed by atoms with Crippen molar-refractivity contribution in [2.24, 2.45) is 0 Å². The van der Waals surface area contributed by atoms with Crippen LogP contribution < -0.4 is 10.1 Å². The van der Waals surface area contributed by atoms with Gasteiger partial charge in [0, 0.05) is 20.3 Å². The van der Waals surface area contributed by atoms with E-state index in [9.17, 15) is 0 Å². The molecule has 3 heteroatoms. The Hall–Kier alpha value is -1.06. The number of nitrogens with one attached hydrogen (secondary N) is 1. The number of hydrogen-bond donors (Lipinski definition) is 1. The topological polar surface area (TPSA) is 30.5 Å². The van der Waals surface area contributed by atoms with Crippen LogP contribution >= 0.6 is 0 Å². The fourth-order valence-electron chi connectivity index (χ4n) is 1.58. The molecule has 0 heterocycles. The monoisotopic (exact) mass is 237 g/mol. The molecule has 0 aliphatic carbocycles. The predicted molar refractivity (Wildman–Crippen MR) is 70.8 cm³/mol. The number of benzene rings is 1. The number of rotatable bonds is 8. The molecule has 0 saturated heterocycles. The van der Waals surface area contributed by atoms with Gasteiger partial charge in [-0.25, -0.2) is 0 Å². The molecule has 96 valence electrons. The van der Waals surface area contributed by atoms with Crippen LogP contribution in [0.2, 0.25) is 0 Å². The molecule has 0 aromatic heterocycles. The molecule has 0 bridgehead atoms. The van der Waals surface area contributed by atoms with Crippen LogP contribution in [-0.4, -0.2) is 33.4 Å². The summed E-state index contributed by atoms with van der Waals surface area (Å²) < 4.78 is 10.7. The highest BCUT2D eigenvalue weighted by atomic mass is 16.5. The van der Waals surface area contributed by atoms with E-state index in [1.807, 2.05) is 12.1 Å². The Morgan fingerprint density at radius 2 is 1.94 bits per heavy atom. The molecule has 3 nitrogen and oxygen atoms in total. The van der Waals surface area contributed by atoms with Gasteiger partial charge in [0.25, 0.3) is 0 Å². The summed E-state index contributed by atoms with van der Waals surface area (Å²) in [5.74, 6) is 0.990. The van der Waals surface area contributed by atoms with Crippen LogP contribution in [-0.2, 0) is 4.74 Å². The van der Waals surface area contributed by atoms with Crippen LogP contribution in [0.5, 0.6) is 5.75 Å². The second-order valence-corrected chi connectivity index (χ2v) is 4.14. The first kappa shape index (κ1) is 14.0. The first-order valence-electron chi connectivity index (χ1n) is 6.14. The van der Waals surface area contributed by atoms with E-state index in [1.165, 1.54) is 11.1 Å². The highest BCUT2D eigenvalue weighted by Gasteiger charge is 2.00. The molecule has 0 atom stereocenters. The summed E-state index contributed by atoms with van der Waals surface area (Å²) in [5.41, 5.74) is 2.50. The fraction of sp³-hybridized carbons (Fsp3) is 0.571. The second kappa shape index (κ2) is 8.09. The van der Waals surface area contributed by atoms with Gasteiger partial charge in [-0.15, -0.1) is 0 Å². The third kappa shape index (κ3) is 5.20. The maximum atomic E-state index is 5.73. The minimum Gasteiger partial charge on any atom is -0.492 e. The molecule has 0 radical (unpaired) electrons. The molecule has 1 aromatic rings. The zero-order valence-corrected chi connectivity index (χ0v) is 11.1. The van der Waals surface area contributed by atoms with Gasteiger partial charge in [0.2, 0.25) is 0 Å². The van der Waals surface area contributed by atoms with E-state index < -0.39 is 0 Å². The molecule has 0 aliphatic rings. The van der Waals surface area contributed by atoms with Gasteiger partial charge in [0.15, 0.2) is 0 Å². The quantitative estimate of drug-likeness (QED) is 0.704. The zero-order chi connectivity index (χ0) is 12.5. The van der Waals surface area contributed by atoms with Gasteiger partial charge in [0.1, 0.15) is 12.4 Å². The van der Waals surface area contributed by atoms with E-state index in [0.717, 1.165) is 31.9 Å². The van der Waals surface area contributed by atoms with E-state index >= 15 is 0 Å². The molecule has 0 saturated carbocycles. The molecule has 0 spiro atoms. The lowest BCUT2D eigenvalue weighted by Crippen LogP contribution is -2.23. The summed E-state index contributed by atoms with van der Waals surface area (Å²) in [4.78, 5) is 0. The maximum Gasteiger partial charge on any atom is 0.122 e. The van der Waals surface area contributed by atoms with Crippen molar-refractivity contribution in [1.82, 2.24) is 5.32 Å². The summed E-state index contributed by atoms with van der Waals surface area (Å²) in [5, 5.41) is 3.32. The molecule has 0 unspecified atom stereocenters. The Labute approximate surface area is 104 Å².